The molecular weight excluding hydrogens is 179 g/mol. The summed E-state index contributed by atoms with van der Waals surface area (Å²) in [5.74, 6) is -0.396. The monoisotopic (exact) mass is 188 g/mol. The van der Waals surface area contributed by atoms with Crippen molar-refractivity contribution in [2.75, 3.05) is 6.61 Å². The van der Waals surface area contributed by atoms with Gasteiger partial charge in [0.1, 0.15) is 5.82 Å². The molecule has 66 valence electrons. The minimum absolute atomic E-state index is 0.129. The Morgan fingerprint density at radius 2 is 2.17 bits per heavy atom. The van der Waals surface area contributed by atoms with Crippen LogP contribution < -0.4 is 0 Å². The highest BCUT2D eigenvalue weighted by Gasteiger charge is 1.99. The zero-order chi connectivity index (χ0) is 8.97. The molecule has 0 amide bonds. The van der Waals surface area contributed by atoms with Crippen LogP contribution in [0.1, 0.15) is 12.0 Å². The first kappa shape index (κ1) is 9.49. The normalized spacial score (nSPS) is 10.2. The van der Waals surface area contributed by atoms with Gasteiger partial charge in [0, 0.05) is 6.61 Å². The van der Waals surface area contributed by atoms with E-state index >= 15 is 0 Å². The number of benzene rings is 1. The van der Waals surface area contributed by atoms with Crippen LogP contribution in [0.2, 0.25) is 5.02 Å². The van der Waals surface area contributed by atoms with Crippen molar-refractivity contribution >= 4 is 11.6 Å². The van der Waals surface area contributed by atoms with E-state index in [1.54, 1.807) is 6.07 Å². The van der Waals surface area contributed by atoms with E-state index < -0.39 is 5.82 Å². The Kier molecular flexibility index (Phi) is 3.50. The Balaban J connectivity index is 2.69. The van der Waals surface area contributed by atoms with Crippen LogP contribution in [0.4, 0.5) is 4.39 Å². The average Bonchev–Trinajstić information content (AvgIpc) is 2.07. The molecule has 1 N–H and O–H groups in total. The van der Waals surface area contributed by atoms with Gasteiger partial charge in [-0.2, -0.15) is 0 Å². The first-order chi connectivity index (χ1) is 5.74. The van der Waals surface area contributed by atoms with E-state index in [1.807, 2.05) is 0 Å². The molecule has 0 aromatic heterocycles. The van der Waals surface area contributed by atoms with Gasteiger partial charge >= 0.3 is 0 Å². The van der Waals surface area contributed by atoms with Gasteiger partial charge in [0.2, 0.25) is 0 Å². The maximum Gasteiger partial charge on any atom is 0.142 e. The first-order valence-electron chi connectivity index (χ1n) is 3.79. The van der Waals surface area contributed by atoms with Gasteiger partial charge in [-0.3, -0.25) is 0 Å². The van der Waals surface area contributed by atoms with E-state index in [0.717, 1.165) is 5.56 Å². The predicted molar refractivity (Wildman–Crippen MR) is 46.8 cm³/mol. The van der Waals surface area contributed by atoms with Gasteiger partial charge in [0.25, 0.3) is 0 Å². The fourth-order valence-electron chi connectivity index (χ4n) is 0.978. The van der Waals surface area contributed by atoms with Crippen LogP contribution in [0.5, 0.6) is 0 Å². The zero-order valence-electron chi connectivity index (χ0n) is 6.56. The lowest BCUT2D eigenvalue weighted by molar-refractivity contribution is 0.288. The number of aryl methyl sites for hydroxylation is 1. The summed E-state index contributed by atoms with van der Waals surface area (Å²) in [6.07, 6.45) is 1.34. The summed E-state index contributed by atoms with van der Waals surface area (Å²) >= 11 is 5.49. The highest BCUT2D eigenvalue weighted by atomic mass is 35.5. The first-order valence-corrected chi connectivity index (χ1v) is 4.16. The molecule has 0 aliphatic carbocycles. The molecule has 0 fully saturated rings. The summed E-state index contributed by atoms with van der Waals surface area (Å²) in [6, 6.07) is 4.70. The SMILES string of the molecule is OCCCc1ccc(Cl)c(F)c1. The van der Waals surface area contributed by atoms with E-state index in [4.69, 9.17) is 16.7 Å². The Hall–Kier alpha value is -0.600. The standard InChI is InChI=1S/C9H10ClFO/c10-8-4-3-7(2-1-5-12)6-9(8)11/h3-4,6,12H,1-2,5H2. The van der Waals surface area contributed by atoms with E-state index in [9.17, 15) is 4.39 Å². The Morgan fingerprint density at radius 1 is 1.42 bits per heavy atom. The summed E-state index contributed by atoms with van der Waals surface area (Å²) in [5.41, 5.74) is 0.867. The molecule has 0 saturated heterocycles. The Bertz CT molecular complexity index is 263. The van der Waals surface area contributed by atoms with Crippen molar-refractivity contribution in [3.05, 3.63) is 34.6 Å². The van der Waals surface area contributed by atoms with Gasteiger partial charge in [0.15, 0.2) is 0 Å². The molecule has 0 saturated carbocycles. The highest BCUT2D eigenvalue weighted by Crippen LogP contribution is 2.16. The van der Waals surface area contributed by atoms with Crippen molar-refractivity contribution < 1.29 is 9.50 Å². The lowest BCUT2D eigenvalue weighted by Gasteiger charge is -2.00. The number of hydrogen-bond acceptors (Lipinski definition) is 1. The van der Waals surface area contributed by atoms with E-state index in [-0.39, 0.29) is 11.6 Å². The number of hydrogen-bond donors (Lipinski definition) is 1. The molecule has 0 atom stereocenters. The Labute approximate surface area is 75.8 Å². The van der Waals surface area contributed by atoms with Gasteiger partial charge in [-0.1, -0.05) is 17.7 Å². The third-order valence-electron chi connectivity index (χ3n) is 1.61. The molecule has 0 radical (unpaired) electrons. The van der Waals surface area contributed by atoms with Gasteiger partial charge in [-0.25, -0.2) is 4.39 Å². The zero-order valence-corrected chi connectivity index (χ0v) is 7.31. The van der Waals surface area contributed by atoms with Crippen molar-refractivity contribution in [1.82, 2.24) is 0 Å². The second kappa shape index (κ2) is 4.43. The second-order valence-corrected chi connectivity index (χ2v) is 2.98. The van der Waals surface area contributed by atoms with Crippen LogP contribution in [0, 0.1) is 5.82 Å². The van der Waals surface area contributed by atoms with Crippen LogP contribution in [-0.2, 0) is 6.42 Å². The molecular formula is C9H10ClFO. The smallest absolute Gasteiger partial charge is 0.142 e. The van der Waals surface area contributed by atoms with Gasteiger partial charge < -0.3 is 5.11 Å². The molecule has 1 nitrogen and oxygen atoms in total. The van der Waals surface area contributed by atoms with Crippen molar-refractivity contribution in [2.24, 2.45) is 0 Å². The quantitative estimate of drug-likeness (QED) is 0.773. The summed E-state index contributed by atoms with van der Waals surface area (Å²) in [5, 5.41) is 8.67. The molecule has 12 heavy (non-hydrogen) atoms. The minimum Gasteiger partial charge on any atom is -0.396 e. The number of aliphatic hydroxyl groups is 1. The lowest BCUT2D eigenvalue weighted by Crippen LogP contribution is -1.90. The summed E-state index contributed by atoms with van der Waals surface area (Å²) in [7, 11) is 0. The molecule has 0 unspecified atom stereocenters. The fraction of sp³-hybridized carbons (Fsp3) is 0.333. The molecule has 1 aromatic rings. The van der Waals surface area contributed by atoms with Crippen molar-refractivity contribution in [3.63, 3.8) is 0 Å². The third-order valence-corrected chi connectivity index (χ3v) is 1.91. The molecule has 1 rings (SSSR count). The van der Waals surface area contributed by atoms with Crippen LogP contribution in [0.3, 0.4) is 0 Å². The Morgan fingerprint density at radius 3 is 2.75 bits per heavy atom. The predicted octanol–water partition coefficient (Wildman–Crippen LogP) is 2.40. The molecule has 0 aliphatic heterocycles. The fourth-order valence-corrected chi connectivity index (χ4v) is 1.10. The summed E-state index contributed by atoms with van der Waals surface area (Å²) in [4.78, 5) is 0. The largest absolute Gasteiger partial charge is 0.396 e. The maximum atomic E-state index is 12.8. The topological polar surface area (TPSA) is 20.2 Å². The molecule has 3 heteroatoms. The van der Waals surface area contributed by atoms with Crippen LogP contribution in [0.15, 0.2) is 18.2 Å². The van der Waals surface area contributed by atoms with Gasteiger partial charge in [-0.05, 0) is 30.5 Å². The number of aliphatic hydroxyl groups excluding tert-OH is 1. The van der Waals surface area contributed by atoms with Crippen LogP contribution >= 0.6 is 11.6 Å². The molecule has 0 spiro atoms. The second-order valence-electron chi connectivity index (χ2n) is 2.58. The maximum absolute atomic E-state index is 12.8. The highest BCUT2D eigenvalue weighted by molar-refractivity contribution is 6.30. The minimum atomic E-state index is -0.396. The van der Waals surface area contributed by atoms with Gasteiger partial charge in [0.05, 0.1) is 5.02 Å². The molecule has 0 aliphatic rings. The molecule has 0 heterocycles. The van der Waals surface area contributed by atoms with E-state index in [0.29, 0.717) is 12.8 Å². The van der Waals surface area contributed by atoms with E-state index in [2.05, 4.69) is 0 Å². The van der Waals surface area contributed by atoms with Crippen LogP contribution in [-0.4, -0.2) is 11.7 Å². The third kappa shape index (κ3) is 2.47. The number of halogens is 2. The molecule has 1 aromatic carbocycles. The van der Waals surface area contributed by atoms with Crippen molar-refractivity contribution in [3.8, 4) is 0 Å². The average molecular weight is 189 g/mol. The van der Waals surface area contributed by atoms with Crippen molar-refractivity contribution in [2.45, 2.75) is 12.8 Å². The lowest BCUT2D eigenvalue weighted by atomic mass is 10.1. The summed E-state index contributed by atoms with van der Waals surface area (Å²) in [6.45, 7) is 0.129. The summed E-state index contributed by atoms with van der Waals surface area (Å²) < 4.78 is 12.8. The van der Waals surface area contributed by atoms with Crippen LogP contribution in [0.25, 0.3) is 0 Å². The van der Waals surface area contributed by atoms with Gasteiger partial charge in [-0.15, -0.1) is 0 Å². The number of rotatable bonds is 3. The van der Waals surface area contributed by atoms with E-state index in [1.165, 1.54) is 12.1 Å². The molecule has 0 bridgehead atoms. The van der Waals surface area contributed by atoms with Crippen molar-refractivity contribution in [1.29, 1.82) is 0 Å².